The number of nitrogens with zero attached hydrogens (tertiary/aromatic N) is 3. The van der Waals surface area contributed by atoms with Gasteiger partial charge in [-0.1, -0.05) is 6.92 Å². The van der Waals surface area contributed by atoms with E-state index in [2.05, 4.69) is 22.1 Å². The highest BCUT2D eigenvalue weighted by molar-refractivity contribution is 5.93. The minimum absolute atomic E-state index is 0.0140. The van der Waals surface area contributed by atoms with Crippen LogP contribution in [0.1, 0.15) is 13.3 Å². The number of methoxy groups -OCH3 is 1. The van der Waals surface area contributed by atoms with Crippen LogP contribution in [-0.4, -0.2) is 60.9 Å². The number of aliphatic hydroxyl groups excluding tert-OH is 1. The third kappa shape index (κ3) is 2.94. The Labute approximate surface area is 123 Å². The molecule has 0 saturated carbocycles. The Morgan fingerprint density at radius 2 is 2.33 bits per heavy atom. The zero-order chi connectivity index (χ0) is 15.6. The standard InChI is InChI=1S/C12H21N5O4/c1-4-8-5-15-7-17(20)10(18)9(11(19)21-3)14-12(15)16(6-8)13-2/h8,13,17-18H,4-7H2,1-3H3. The molecule has 0 spiro atoms. The number of quaternary nitrogens is 1. The minimum Gasteiger partial charge on any atom is -0.625 e. The summed E-state index contributed by atoms with van der Waals surface area (Å²) in [5, 5.41) is 23.2. The second-order valence-corrected chi connectivity index (χ2v) is 5.01. The van der Waals surface area contributed by atoms with Gasteiger partial charge in [0.25, 0.3) is 5.70 Å². The van der Waals surface area contributed by atoms with E-state index in [1.54, 1.807) is 17.0 Å². The Balaban J connectivity index is 2.40. The lowest BCUT2D eigenvalue weighted by molar-refractivity contribution is -0.834. The molecule has 2 heterocycles. The summed E-state index contributed by atoms with van der Waals surface area (Å²) in [7, 11) is 2.92. The first-order valence-electron chi connectivity index (χ1n) is 6.85. The number of aliphatic imine (C=N–C) groups is 1. The lowest BCUT2D eigenvalue weighted by Gasteiger charge is -2.41. The fraction of sp³-hybridized carbons (Fsp3) is 0.667. The predicted molar refractivity (Wildman–Crippen MR) is 74.6 cm³/mol. The highest BCUT2D eigenvalue weighted by atomic mass is 16.5. The smallest absolute Gasteiger partial charge is 0.366 e. The number of guanidine groups is 1. The number of esters is 1. The first-order valence-corrected chi connectivity index (χ1v) is 6.85. The van der Waals surface area contributed by atoms with Crippen molar-refractivity contribution in [2.75, 3.05) is 33.9 Å². The fourth-order valence-corrected chi connectivity index (χ4v) is 2.45. The number of carbonyl (C=O) groups is 1. The molecule has 0 radical (unpaired) electrons. The van der Waals surface area contributed by atoms with Crippen molar-refractivity contribution in [3.05, 3.63) is 16.8 Å². The number of hydrogen-bond donors (Lipinski definition) is 3. The van der Waals surface area contributed by atoms with Crippen molar-refractivity contribution in [2.45, 2.75) is 13.3 Å². The van der Waals surface area contributed by atoms with Gasteiger partial charge in [0.05, 0.1) is 7.11 Å². The van der Waals surface area contributed by atoms with Crippen molar-refractivity contribution < 1.29 is 19.7 Å². The molecule has 2 aliphatic heterocycles. The van der Waals surface area contributed by atoms with Crippen molar-refractivity contribution in [3.8, 4) is 0 Å². The van der Waals surface area contributed by atoms with Crippen LogP contribution in [0.5, 0.6) is 0 Å². The van der Waals surface area contributed by atoms with Gasteiger partial charge in [-0.25, -0.2) is 10.2 Å². The molecule has 3 N–H and O–H groups in total. The Morgan fingerprint density at radius 1 is 1.62 bits per heavy atom. The molecule has 2 rings (SSSR count). The Kier molecular flexibility index (Phi) is 4.66. The molecule has 0 bridgehead atoms. The second-order valence-electron chi connectivity index (χ2n) is 5.01. The maximum atomic E-state index is 12.0. The summed E-state index contributed by atoms with van der Waals surface area (Å²) in [6, 6.07) is 0. The zero-order valence-corrected chi connectivity index (χ0v) is 12.4. The van der Waals surface area contributed by atoms with Gasteiger partial charge in [0, 0.05) is 20.1 Å². The molecule has 9 heteroatoms. The summed E-state index contributed by atoms with van der Waals surface area (Å²) in [5.74, 6) is -0.664. The van der Waals surface area contributed by atoms with E-state index in [0.29, 0.717) is 25.0 Å². The van der Waals surface area contributed by atoms with Gasteiger partial charge in [-0.2, -0.15) is 4.99 Å². The average molecular weight is 299 g/mol. The van der Waals surface area contributed by atoms with E-state index < -0.39 is 16.9 Å². The normalized spacial score (nSPS) is 26.2. The van der Waals surface area contributed by atoms with E-state index in [-0.39, 0.29) is 12.4 Å². The van der Waals surface area contributed by atoms with Gasteiger partial charge in [-0.15, -0.1) is 0 Å². The van der Waals surface area contributed by atoms with E-state index in [0.717, 1.165) is 6.42 Å². The van der Waals surface area contributed by atoms with Gasteiger partial charge < -0.3 is 15.1 Å². The highest BCUT2D eigenvalue weighted by Crippen LogP contribution is 2.18. The van der Waals surface area contributed by atoms with Crippen molar-refractivity contribution in [1.29, 1.82) is 0 Å². The van der Waals surface area contributed by atoms with Crippen LogP contribution >= 0.6 is 0 Å². The maximum absolute atomic E-state index is 12.0. The summed E-state index contributed by atoms with van der Waals surface area (Å²) in [6.07, 6.45) is 0.958. The lowest BCUT2D eigenvalue weighted by atomic mass is 10.0. The lowest BCUT2D eigenvalue weighted by Crippen LogP contribution is -3.07. The summed E-state index contributed by atoms with van der Waals surface area (Å²) < 4.78 is 4.58. The van der Waals surface area contributed by atoms with Crippen LogP contribution in [0.3, 0.4) is 0 Å². The molecule has 118 valence electrons. The molecule has 9 nitrogen and oxygen atoms in total. The first-order chi connectivity index (χ1) is 10.0. The van der Waals surface area contributed by atoms with Gasteiger partial charge in [0.2, 0.25) is 5.96 Å². The first kappa shape index (κ1) is 15.5. The number of hydroxylamine groups is 2. The minimum atomic E-state index is -0.830. The summed E-state index contributed by atoms with van der Waals surface area (Å²) in [5.41, 5.74) is 2.64. The van der Waals surface area contributed by atoms with Gasteiger partial charge in [-0.05, 0) is 12.3 Å². The van der Waals surface area contributed by atoms with Crippen molar-refractivity contribution in [3.63, 3.8) is 0 Å². The number of rotatable bonds is 3. The van der Waals surface area contributed by atoms with Crippen LogP contribution in [0.2, 0.25) is 0 Å². The molecule has 0 aromatic carbocycles. The molecule has 2 aliphatic rings. The third-order valence-electron chi connectivity index (χ3n) is 3.70. The Morgan fingerprint density at radius 3 is 2.90 bits per heavy atom. The van der Waals surface area contributed by atoms with E-state index in [1.165, 1.54) is 7.11 Å². The molecule has 1 fully saturated rings. The van der Waals surface area contributed by atoms with E-state index in [4.69, 9.17) is 0 Å². The zero-order valence-electron chi connectivity index (χ0n) is 12.4. The van der Waals surface area contributed by atoms with Crippen LogP contribution < -0.4 is 10.5 Å². The van der Waals surface area contributed by atoms with E-state index >= 15 is 0 Å². The summed E-state index contributed by atoms with van der Waals surface area (Å²) in [4.78, 5) is 17.6. The van der Waals surface area contributed by atoms with Crippen molar-refractivity contribution in [2.24, 2.45) is 10.9 Å². The number of nitrogens with one attached hydrogen (secondary N) is 2. The fourth-order valence-electron chi connectivity index (χ4n) is 2.45. The molecular weight excluding hydrogens is 278 g/mol. The van der Waals surface area contributed by atoms with Crippen LogP contribution in [0.25, 0.3) is 0 Å². The monoisotopic (exact) mass is 299 g/mol. The number of hydrogen-bond acceptors (Lipinski definition) is 8. The number of fused-ring (bicyclic) bond motifs is 1. The second kappa shape index (κ2) is 6.29. The summed E-state index contributed by atoms with van der Waals surface area (Å²) >= 11 is 0. The van der Waals surface area contributed by atoms with Gasteiger partial charge in [-0.3, -0.25) is 15.0 Å². The van der Waals surface area contributed by atoms with Gasteiger partial charge >= 0.3 is 11.9 Å². The Bertz CT molecular complexity index is 478. The van der Waals surface area contributed by atoms with Crippen molar-refractivity contribution >= 4 is 11.9 Å². The molecule has 2 atom stereocenters. The number of hydrazine groups is 1. The van der Waals surface area contributed by atoms with Crippen LogP contribution in [-0.2, 0) is 9.53 Å². The Hall–Kier alpha value is -1.84. The van der Waals surface area contributed by atoms with E-state index in [9.17, 15) is 15.1 Å². The number of aliphatic hydroxyl groups is 1. The topological polar surface area (TPSA) is 105 Å². The van der Waals surface area contributed by atoms with Gasteiger partial charge in [0.1, 0.15) is 0 Å². The molecule has 1 saturated heterocycles. The quantitative estimate of drug-likeness (QED) is 0.425. The highest BCUT2D eigenvalue weighted by Gasteiger charge is 2.36. The van der Waals surface area contributed by atoms with Crippen LogP contribution in [0.4, 0.5) is 0 Å². The van der Waals surface area contributed by atoms with Crippen LogP contribution in [0.15, 0.2) is 16.6 Å². The van der Waals surface area contributed by atoms with Crippen LogP contribution in [0, 0.1) is 11.1 Å². The molecule has 0 aromatic rings. The van der Waals surface area contributed by atoms with Gasteiger partial charge in [0.15, 0.2) is 6.67 Å². The molecular formula is C12H21N5O4. The van der Waals surface area contributed by atoms with Crippen molar-refractivity contribution in [1.82, 2.24) is 15.3 Å². The largest absolute Gasteiger partial charge is 0.625 e. The molecule has 0 aromatic heterocycles. The molecule has 2 unspecified atom stereocenters. The number of carbonyl (C=O) groups excluding carboxylic acids is 1. The van der Waals surface area contributed by atoms with E-state index in [1.807, 2.05) is 0 Å². The third-order valence-corrected chi connectivity index (χ3v) is 3.70. The number of ether oxygens (including phenoxy) is 1. The predicted octanol–water partition coefficient (Wildman–Crippen LogP) is -1.63. The molecule has 21 heavy (non-hydrogen) atoms. The molecule has 0 amide bonds. The SMILES string of the molecule is CCC1CN2C[NH+]([O-])C(O)=C(C(=O)OC)N=C2N(NC)C1. The molecule has 0 aliphatic carbocycles. The maximum Gasteiger partial charge on any atom is 0.366 e. The average Bonchev–Trinajstić information content (AvgIpc) is 2.62. The summed E-state index contributed by atoms with van der Waals surface area (Å²) in [6.45, 7) is 3.43.